The zero-order valence-electron chi connectivity index (χ0n) is 17.3. The molecule has 2 aromatic rings. The van der Waals surface area contributed by atoms with E-state index in [1.807, 2.05) is 31.2 Å². The number of thiophene rings is 1. The predicted octanol–water partition coefficient (Wildman–Crippen LogP) is 3.86. The van der Waals surface area contributed by atoms with Gasteiger partial charge in [0.15, 0.2) is 6.61 Å². The predicted molar refractivity (Wildman–Crippen MR) is 118 cm³/mol. The van der Waals surface area contributed by atoms with Crippen LogP contribution in [0.3, 0.4) is 0 Å². The Hall–Kier alpha value is -2.38. The molecular weight excluding hydrogens is 400 g/mol. The number of aryl methyl sites for hydroxylation is 2. The van der Waals surface area contributed by atoms with E-state index in [2.05, 4.69) is 10.6 Å². The Bertz CT molecular complexity index is 918. The SMILES string of the molecule is Cc1ccccc1OCC(=O)Nc1sc2c(c1C(=O)NC[C@H]1CCCO1)CCCC2. The van der Waals surface area contributed by atoms with Gasteiger partial charge in [-0.05, 0) is 62.6 Å². The number of amides is 2. The molecule has 1 aliphatic carbocycles. The first-order valence-electron chi connectivity index (χ1n) is 10.6. The molecule has 2 heterocycles. The number of carbonyl (C=O) groups is 2. The van der Waals surface area contributed by atoms with Gasteiger partial charge in [0.05, 0.1) is 11.7 Å². The number of para-hydroxylation sites is 1. The van der Waals surface area contributed by atoms with Crippen LogP contribution in [0.25, 0.3) is 0 Å². The van der Waals surface area contributed by atoms with Crippen molar-refractivity contribution < 1.29 is 19.1 Å². The highest BCUT2D eigenvalue weighted by Crippen LogP contribution is 2.38. The van der Waals surface area contributed by atoms with Crippen molar-refractivity contribution in [2.24, 2.45) is 0 Å². The molecule has 1 fully saturated rings. The van der Waals surface area contributed by atoms with E-state index < -0.39 is 0 Å². The number of rotatable bonds is 7. The number of benzene rings is 1. The minimum absolute atomic E-state index is 0.0870. The van der Waals surface area contributed by atoms with Crippen LogP contribution in [0.2, 0.25) is 0 Å². The molecule has 1 atom stereocenters. The lowest BCUT2D eigenvalue weighted by atomic mass is 9.95. The quantitative estimate of drug-likeness (QED) is 0.702. The molecule has 0 radical (unpaired) electrons. The summed E-state index contributed by atoms with van der Waals surface area (Å²) in [5.41, 5.74) is 2.69. The first kappa shape index (κ1) is 20.9. The maximum absolute atomic E-state index is 13.0. The summed E-state index contributed by atoms with van der Waals surface area (Å²) in [6, 6.07) is 7.59. The second kappa shape index (κ2) is 9.62. The van der Waals surface area contributed by atoms with Crippen molar-refractivity contribution in [2.75, 3.05) is 25.1 Å². The third kappa shape index (κ3) is 4.84. The van der Waals surface area contributed by atoms with Crippen LogP contribution in [-0.2, 0) is 22.4 Å². The van der Waals surface area contributed by atoms with Gasteiger partial charge in [0.25, 0.3) is 11.8 Å². The Morgan fingerprint density at radius 2 is 2.03 bits per heavy atom. The number of fused-ring (bicyclic) bond motifs is 1. The van der Waals surface area contributed by atoms with Crippen molar-refractivity contribution in [3.8, 4) is 5.75 Å². The van der Waals surface area contributed by atoms with E-state index >= 15 is 0 Å². The van der Waals surface area contributed by atoms with Gasteiger partial charge >= 0.3 is 0 Å². The van der Waals surface area contributed by atoms with Gasteiger partial charge in [0.2, 0.25) is 0 Å². The number of hydrogen-bond acceptors (Lipinski definition) is 5. The van der Waals surface area contributed by atoms with Crippen molar-refractivity contribution in [2.45, 2.75) is 51.6 Å². The van der Waals surface area contributed by atoms with Gasteiger partial charge in [-0.1, -0.05) is 18.2 Å². The third-order valence-electron chi connectivity index (χ3n) is 5.62. The summed E-state index contributed by atoms with van der Waals surface area (Å²) in [5.74, 6) is 0.303. The van der Waals surface area contributed by atoms with Crippen LogP contribution in [0.1, 0.15) is 52.0 Å². The summed E-state index contributed by atoms with van der Waals surface area (Å²) in [5, 5.41) is 6.57. The lowest BCUT2D eigenvalue weighted by Gasteiger charge is -2.15. The number of carbonyl (C=O) groups excluding carboxylic acids is 2. The van der Waals surface area contributed by atoms with Crippen LogP contribution < -0.4 is 15.4 Å². The Balaban J connectivity index is 1.45. The van der Waals surface area contributed by atoms with Crippen LogP contribution in [0.15, 0.2) is 24.3 Å². The van der Waals surface area contributed by atoms with E-state index in [0.29, 0.717) is 22.9 Å². The zero-order chi connectivity index (χ0) is 20.9. The van der Waals surface area contributed by atoms with Gasteiger partial charge in [0.1, 0.15) is 10.8 Å². The van der Waals surface area contributed by atoms with Crippen LogP contribution in [0, 0.1) is 6.92 Å². The molecule has 2 amide bonds. The molecule has 2 aliphatic rings. The normalized spacial score (nSPS) is 18.0. The van der Waals surface area contributed by atoms with E-state index in [1.54, 1.807) is 0 Å². The second-order valence-corrected chi connectivity index (χ2v) is 8.97. The van der Waals surface area contributed by atoms with Gasteiger partial charge in [-0.2, -0.15) is 0 Å². The molecule has 0 bridgehead atoms. The van der Waals surface area contributed by atoms with Crippen molar-refractivity contribution in [1.82, 2.24) is 5.32 Å². The maximum atomic E-state index is 13.0. The topological polar surface area (TPSA) is 76.7 Å². The van der Waals surface area contributed by atoms with Gasteiger partial charge in [0, 0.05) is 18.0 Å². The Kier molecular flexibility index (Phi) is 6.69. The molecule has 0 unspecified atom stereocenters. The molecular formula is C23H28N2O4S. The average molecular weight is 429 g/mol. The summed E-state index contributed by atoms with van der Waals surface area (Å²) in [7, 11) is 0. The zero-order valence-corrected chi connectivity index (χ0v) is 18.1. The Morgan fingerprint density at radius 1 is 1.20 bits per heavy atom. The van der Waals surface area contributed by atoms with Crippen LogP contribution in [0.5, 0.6) is 5.75 Å². The van der Waals surface area contributed by atoms with E-state index in [9.17, 15) is 9.59 Å². The molecule has 2 N–H and O–H groups in total. The lowest BCUT2D eigenvalue weighted by molar-refractivity contribution is -0.118. The van der Waals surface area contributed by atoms with Crippen LogP contribution in [0.4, 0.5) is 5.00 Å². The molecule has 0 spiro atoms. The molecule has 30 heavy (non-hydrogen) atoms. The molecule has 0 saturated carbocycles. The Labute approximate surface area is 181 Å². The minimum Gasteiger partial charge on any atom is -0.483 e. The van der Waals surface area contributed by atoms with E-state index in [0.717, 1.165) is 56.3 Å². The Morgan fingerprint density at radius 3 is 2.83 bits per heavy atom. The molecule has 6 nitrogen and oxygen atoms in total. The molecule has 4 rings (SSSR count). The highest BCUT2D eigenvalue weighted by molar-refractivity contribution is 7.17. The first-order valence-corrected chi connectivity index (χ1v) is 11.5. The van der Waals surface area contributed by atoms with Crippen molar-refractivity contribution in [3.05, 3.63) is 45.8 Å². The summed E-state index contributed by atoms with van der Waals surface area (Å²) in [4.78, 5) is 26.8. The van der Waals surface area contributed by atoms with E-state index in [-0.39, 0.29) is 24.5 Å². The monoisotopic (exact) mass is 428 g/mol. The highest BCUT2D eigenvalue weighted by atomic mass is 32.1. The van der Waals surface area contributed by atoms with E-state index in [1.165, 1.54) is 16.2 Å². The fourth-order valence-electron chi connectivity index (χ4n) is 4.02. The van der Waals surface area contributed by atoms with Gasteiger partial charge in [-0.15, -0.1) is 11.3 Å². The first-order chi connectivity index (χ1) is 14.6. The molecule has 1 aromatic carbocycles. The minimum atomic E-state index is -0.259. The lowest BCUT2D eigenvalue weighted by Crippen LogP contribution is -2.33. The van der Waals surface area contributed by atoms with Gasteiger partial charge < -0.3 is 20.1 Å². The van der Waals surface area contributed by atoms with Gasteiger partial charge in [-0.3, -0.25) is 9.59 Å². The van der Waals surface area contributed by atoms with Crippen molar-refractivity contribution in [1.29, 1.82) is 0 Å². The summed E-state index contributed by atoms with van der Waals surface area (Å²) in [6.07, 6.45) is 6.13. The molecule has 1 aliphatic heterocycles. The largest absolute Gasteiger partial charge is 0.483 e. The van der Waals surface area contributed by atoms with Gasteiger partial charge in [-0.25, -0.2) is 0 Å². The molecule has 1 saturated heterocycles. The smallest absolute Gasteiger partial charge is 0.262 e. The fraction of sp³-hybridized carbons (Fsp3) is 0.478. The summed E-state index contributed by atoms with van der Waals surface area (Å²) in [6.45, 7) is 3.12. The molecule has 1 aromatic heterocycles. The van der Waals surface area contributed by atoms with E-state index in [4.69, 9.17) is 9.47 Å². The number of ether oxygens (including phenoxy) is 2. The molecule has 160 valence electrons. The fourth-order valence-corrected chi connectivity index (χ4v) is 5.32. The summed E-state index contributed by atoms with van der Waals surface area (Å²) >= 11 is 1.52. The second-order valence-electron chi connectivity index (χ2n) is 7.86. The standard InChI is InChI=1S/C23H28N2O4S/c1-15-7-2-4-10-18(15)29-14-20(26)25-23-21(17-9-3-5-11-19(17)30-23)22(27)24-13-16-8-6-12-28-16/h2,4,7,10,16H,3,5-6,8-9,11-14H2,1H3,(H,24,27)(H,25,26)/t16-/m1/s1. The highest BCUT2D eigenvalue weighted by Gasteiger charge is 2.27. The average Bonchev–Trinajstić information content (AvgIpc) is 3.39. The maximum Gasteiger partial charge on any atom is 0.262 e. The number of anilines is 1. The van der Waals surface area contributed by atoms with Crippen LogP contribution >= 0.6 is 11.3 Å². The van der Waals surface area contributed by atoms with Crippen molar-refractivity contribution >= 4 is 28.2 Å². The number of hydrogen-bond donors (Lipinski definition) is 2. The van der Waals surface area contributed by atoms with Crippen LogP contribution in [-0.4, -0.2) is 37.7 Å². The number of nitrogens with one attached hydrogen (secondary N) is 2. The third-order valence-corrected chi connectivity index (χ3v) is 6.83. The molecule has 7 heteroatoms. The summed E-state index contributed by atoms with van der Waals surface area (Å²) < 4.78 is 11.3. The van der Waals surface area contributed by atoms with Crippen molar-refractivity contribution in [3.63, 3.8) is 0 Å².